The van der Waals surface area contributed by atoms with Crippen molar-refractivity contribution in [2.45, 2.75) is 44.8 Å². The Kier molecular flexibility index (Phi) is 5.83. The maximum Gasteiger partial charge on any atom is 0.376 e. The van der Waals surface area contributed by atoms with Crippen LogP contribution in [0.1, 0.15) is 24.8 Å². The van der Waals surface area contributed by atoms with Gasteiger partial charge in [-0.15, -0.1) is 6.58 Å². The van der Waals surface area contributed by atoms with Gasteiger partial charge in [0.1, 0.15) is 0 Å². The Morgan fingerprint density at radius 1 is 1.35 bits per heavy atom. The largest absolute Gasteiger partial charge is 0.437 e. The molecule has 1 heterocycles. The molecule has 1 aromatic rings. The monoisotopic (exact) mass is 273 g/mol. The maximum atomic E-state index is 9.97. The zero-order chi connectivity index (χ0) is 14.4. The zero-order valence-electron chi connectivity index (χ0n) is 12.2. The molecule has 0 amide bonds. The molecule has 1 N–H and O–H groups in total. The molecule has 0 radical (unpaired) electrons. The summed E-state index contributed by atoms with van der Waals surface area (Å²) in [6, 6.07) is 10.9. The number of hydrogen-bond acceptors (Lipinski definition) is 3. The lowest BCUT2D eigenvalue weighted by atomic mass is 9.82. The highest BCUT2D eigenvalue weighted by molar-refractivity contribution is 6.45. The Balaban J connectivity index is 1.84. The van der Waals surface area contributed by atoms with Crippen molar-refractivity contribution in [2.24, 2.45) is 0 Å². The van der Waals surface area contributed by atoms with E-state index >= 15 is 0 Å². The number of rotatable bonds is 7. The Morgan fingerprint density at radius 2 is 2.05 bits per heavy atom. The van der Waals surface area contributed by atoms with Crippen LogP contribution in [0, 0.1) is 0 Å². The van der Waals surface area contributed by atoms with E-state index in [9.17, 15) is 5.02 Å². The SMILES string of the molecule is C=CC[C@@H]1CC[C@@H](COCc2ccccc2)N1B(C)O. The fourth-order valence-corrected chi connectivity index (χ4v) is 3.08. The Bertz CT molecular complexity index is 410. The van der Waals surface area contributed by atoms with E-state index in [0.717, 1.165) is 19.3 Å². The Labute approximate surface area is 122 Å². The first-order valence-electron chi connectivity index (χ1n) is 7.40. The summed E-state index contributed by atoms with van der Waals surface area (Å²) in [5, 5.41) is 9.97. The number of benzene rings is 1. The van der Waals surface area contributed by atoms with E-state index in [2.05, 4.69) is 23.5 Å². The van der Waals surface area contributed by atoms with Crippen molar-refractivity contribution in [2.75, 3.05) is 6.61 Å². The third-order valence-corrected chi connectivity index (χ3v) is 3.97. The molecule has 108 valence electrons. The van der Waals surface area contributed by atoms with Crippen LogP contribution in [0.3, 0.4) is 0 Å². The van der Waals surface area contributed by atoms with Crippen LogP contribution in [0.4, 0.5) is 0 Å². The van der Waals surface area contributed by atoms with Gasteiger partial charge in [-0.05, 0) is 31.6 Å². The first kappa shape index (κ1) is 15.3. The predicted octanol–water partition coefficient (Wildman–Crippen LogP) is 2.72. The second-order valence-electron chi connectivity index (χ2n) is 5.49. The van der Waals surface area contributed by atoms with Crippen LogP contribution in [0.25, 0.3) is 0 Å². The topological polar surface area (TPSA) is 32.7 Å². The van der Waals surface area contributed by atoms with Crippen molar-refractivity contribution in [3.8, 4) is 0 Å². The second kappa shape index (κ2) is 7.62. The molecule has 2 rings (SSSR count). The van der Waals surface area contributed by atoms with Gasteiger partial charge in [0.05, 0.1) is 13.2 Å². The molecule has 3 nitrogen and oxygen atoms in total. The minimum Gasteiger partial charge on any atom is -0.437 e. The fourth-order valence-electron chi connectivity index (χ4n) is 3.08. The zero-order valence-corrected chi connectivity index (χ0v) is 12.2. The first-order chi connectivity index (χ1) is 9.72. The molecule has 1 aromatic carbocycles. The normalized spacial score (nSPS) is 22.9. The summed E-state index contributed by atoms with van der Waals surface area (Å²) >= 11 is 0. The van der Waals surface area contributed by atoms with Gasteiger partial charge < -0.3 is 14.6 Å². The Morgan fingerprint density at radius 3 is 2.70 bits per heavy atom. The summed E-state index contributed by atoms with van der Waals surface area (Å²) in [5.74, 6) is 0. The molecule has 1 aliphatic heterocycles. The van der Waals surface area contributed by atoms with Crippen LogP contribution in [0.2, 0.25) is 6.82 Å². The van der Waals surface area contributed by atoms with Gasteiger partial charge in [-0.25, -0.2) is 0 Å². The van der Waals surface area contributed by atoms with Crippen LogP contribution >= 0.6 is 0 Å². The maximum absolute atomic E-state index is 9.97. The van der Waals surface area contributed by atoms with Crippen molar-refractivity contribution >= 4 is 7.05 Å². The summed E-state index contributed by atoms with van der Waals surface area (Å²) < 4.78 is 5.83. The third kappa shape index (κ3) is 3.95. The van der Waals surface area contributed by atoms with Gasteiger partial charge in [0.15, 0.2) is 0 Å². The lowest BCUT2D eigenvalue weighted by Crippen LogP contribution is -2.47. The van der Waals surface area contributed by atoms with Gasteiger partial charge in [0.2, 0.25) is 0 Å². The lowest BCUT2D eigenvalue weighted by Gasteiger charge is -2.30. The van der Waals surface area contributed by atoms with E-state index in [1.165, 1.54) is 5.56 Å². The predicted molar refractivity (Wildman–Crippen MR) is 83.4 cm³/mol. The molecular formula is C16H24BNO2. The average Bonchev–Trinajstić information content (AvgIpc) is 2.83. The Hall–Kier alpha value is -1.10. The average molecular weight is 273 g/mol. The number of hydrogen-bond donors (Lipinski definition) is 1. The first-order valence-corrected chi connectivity index (χ1v) is 7.40. The highest BCUT2D eigenvalue weighted by Gasteiger charge is 2.36. The molecule has 2 atom stereocenters. The molecule has 1 fully saturated rings. The van der Waals surface area contributed by atoms with Gasteiger partial charge in [0, 0.05) is 12.1 Å². The van der Waals surface area contributed by atoms with E-state index in [1.807, 2.05) is 31.1 Å². The second-order valence-corrected chi connectivity index (χ2v) is 5.49. The van der Waals surface area contributed by atoms with Crippen molar-refractivity contribution < 1.29 is 9.76 Å². The van der Waals surface area contributed by atoms with Crippen LogP contribution in [-0.2, 0) is 11.3 Å². The number of ether oxygens (including phenoxy) is 1. The van der Waals surface area contributed by atoms with E-state index in [1.54, 1.807) is 0 Å². The highest BCUT2D eigenvalue weighted by Crippen LogP contribution is 2.27. The van der Waals surface area contributed by atoms with Gasteiger partial charge in [0.25, 0.3) is 0 Å². The van der Waals surface area contributed by atoms with Gasteiger partial charge in [-0.1, -0.05) is 36.4 Å². The van der Waals surface area contributed by atoms with Gasteiger partial charge >= 0.3 is 7.05 Å². The molecule has 0 aromatic heterocycles. The molecule has 0 aliphatic carbocycles. The lowest BCUT2D eigenvalue weighted by molar-refractivity contribution is 0.0779. The quantitative estimate of drug-likeness (QED) is 0.612. The molecule has 1 saturated heterocycles. The summed E-state index contributed by atoms with van der Waals surface area (Å²) in [6.07, 6.45) is 5.06. The van der Waals surface area contributed by atoms with Crippen LogP contribution in [0.5, 0.6) is 0 Å². The van der Waals surface area contributed by atoms with Crippen LogP contribution in [0.15, 0.2) is 43.0 Å². The van der Waals surface area contributed by atoms with Crippen molar-refractivity contribution in [1.29, 1.82) is 0 Å². The molecular weight excluding hydrogens is 249 g/mol. The smallest absolute Gasteiger partial charge is 0.376 e. The summed E-state index contributed by atoms with van der Waals surface area (Å²) in [6.45, 7) is 6.95. The highest BCUT2D eigenvalue weighted by atomic mass is 16.5. The van der Waals surface area contributed by atoms with E-state index in [0.29, 0.717) is 25.3 Å². The van der Waals surface area contributed by atoms with Crippen LogP contribution < -0.4 is 0 Å². The van der Waals surface area contributed by atoms with E-state index in [4.69, 9.17) is 4.74 Å². The van der Waals surface area contributed by atoms with Crippen LogP contribution in [-0.4, -0.2) is 35.6 Å². The summed E-state index contributed by atoms with van der Waals surface area (Å²) in [7, 11) is -0.423. The summed E-state index contributed by atoms with van der Waals surface area (Å²) in [4.78, 5) is 2.17. The molecule has 0 unspecified atom stereocenters. The summed E-state index contributed by atoms with van der Waals surface area (Å²) in [5.41, 5.74) is 1.19. The van der Waals surface area contributed by atoms with Crippen molar-refractivity contribution in [3.63, 3.8) is 0 Å². The van der Waals surface area contributed by atoms with Crippen molar-refractivity contribution in [1.82, 2.24) is 4.81 Å². The molecule has 0 bridgehead atoms. The van der Waals surface area contributed by atoms with Gasteiger partial charge in [-0.2, -0.15) is 0 Å². The van der Waals surface area contributed by atoms with Crippen molar-refractivity contribution in [3.05, 3.63) is 48.6 Å². The third-order valence-electron chi connectivity index (χ3n) is 3.97. The molecule has 0 saturated carbocycles. The standard InChI is InChI=1S/C16H24BNO2/c1-3-7-15-10-11-16(18(15)17(2)19)13-20-12-14-8-5-4-6-9-14/h3-6,8-9,15-16,19H,1,7,10-13H2,2H3/t15-,16+/m1/s1. The fraction of sp³-hybridized carbons (Fsp3) is 0.500. The van der Waals surface area contributed by atoms with Gasteiger partial charge in [-0.3, -0.25) is 0 Å². The van der Waals surface area contributed by atoms with E-state index < -0.39 is 7.05 Å². The molecule has 1 aliphatic rings. The van der Waals surface area contributed by atoms with E-state index in [-0.39, 0.29) is 0 Å². The minimum absolute atomic E-state index is 0.309. The minimum atomic E-state index is -0.423. The molecule has 0 spiro atoms. The molecule has 20 heavy (non-hydrogen) atoms. The molecule has 4 heteroatoms. The number of nitrogens with zero attached hydrogens (tertiary/aromatic N) is 1.